The van der Waals surface area contributed by atoms with Gasteiger partial charge < -0.3 is 5.11 Å². The molecular weight excluding hydrogens is 200 g/mol. The molecule has 0 fully saturated rings. The molecule has 0 aliphatic heterocycles. The maximum atomic E-state index is 10.3. The van der Waals surface area contributed by atoms with E-state index in [9.17, 15) is 4.79 Å². The zero-order valence-corrected chi connectivity index (χ0v) is 6.77. The molecule has 0 atom stereocenters. The molecule has 0 spiro atoms. The number of aromatic carboxylic acids is 1. The van der Waals surface area contributed by atoms with E-state index in [1.54, 1.807) is 6.92 Å². The third kappa shape index (κ3) is 1.04. The first-order valence-electron chi connectivity index (χ1n) is 2.56. The van der Waals surface area contributed by atoms with Crippen LogP contribution in [-0.2, 0) is 0 Å². The Morgan fingerprint density at radius 2 is 2.40 bits per heavy atom. The van der Waals surface area contributed by atoms with E-state index in [2.05, 4.69) is 26.1 Å². The van der Waals surface area contributed by atoms with Crippen LogP contribution in [0.15, 0.2) is 4.47 Å². The molecule has 0 amide bonds. The van der Waals surface area contributed by atoms with Gasteiger partial charge in [-0.1, -0.05) is 0 Å². The van der Waals surface area contributed by atoms with E-state index < -0.39 is 5.97 Å². The van der Waals surface area contributed by atoms with Crippen LogP contribution in [0.2, 0.25) is 0 Å². The van der Waals surface area contributed by atoms with Gasteiger partial charge in [-0.15, -0.1) is 0 Å². The Labute approximate surface area is 65.4 Å². The molecule has 1 heterocycles. The Balaban J connectivity index is 3.17. The summed E-state index contributed by atoms with van der Waals surface area (Å²) in [7, 11) is 0. The molecule has 0 radical (unpaired) electrons. The van der Waals surface area contributed by atoms with Crippen molar-refractivity contribution in [2.75, 3.05) is 0 Å². The molecule has 54 valence electrons. The molecule has 1 aromatic rings. The zero-order valence-electron chi connectivity index (χ0n) is 5.18. The summed E-state index contributed by atoms with van der Waals surface area (Å²) in [5.41, 5.74) is 0.745. The molecule has 0 aromatic carbocycles. The fourth-order valence-electron chi connectivity index (χ4n) is 0.561. The summed E-state index contributed by atoms with van der Waals surface area (Å²) in [4.78, 5) is 10.3. The highest BCUT2D eigenvalue weighted by Gasteiger charge is 2.12. The summed E-state index contributed by atoms with van der Waals surface area (Å²) in [5, 5.41) is 14.5. The van der Waals surface area contributed by atoms with Crippen LogP contribution >= 0.6 is 15.9 Å². The Bertz CT molecular complexity index is 269. The number of aromatic amines is 1. The summed E-state index contributed by atoms with van der Waals surface area (Å²) in [5.74, 6) is -1.01. The fourth-order valence-corrected chi connectivity index (χ4v) is 0.907. The van der Waals surface area contributed by atoms with Crippen molar-refractivity contribution < 1.29 is 9.90 Å². The predicted molar refractivity (Wildman–Crippen MR) is 38.0 cm³/mol. The van der Waals surface area contributed by atoms with Crippen molar-refractivity contribution >= 4 is 21.9 Å². The standard InChI is InChI=1S/C5H5BrN2O2/c1-2-3(6)4(5(9)10)8-7-2/h1H3,(H,7,8)(H,9,10). The monoisotopic (exact) mass is 204 g/mol. The number of carboxylic acids is 1. The Kier molecular flexibility index (Phi) is 1.76. The number of hydrogen-bond donors (Lipinski definition) is 2. The predicted octanol–water partition coefficient (Wildman–Crippen LogP) is 1.18. The summed E-state index contributed by atoms with van der Waals surface area (Å²) in [6.45, 7) is 1.72. The average molecular weight is 205 g/mol. The molecule has 0 saturated carbocycles. The van der Waals surface area contributed by atoms with Gasteiger partial charge in [-0.05, 0) is 22.9 Å². The van der Waals surface area contributed by atoms with Crippen LogP contribution < -0.4 is 0 Å². The van der Waals surface area contributed by atoms with Gasteiger partial charge in [0.25, 0.3) is 0 Å². The van der Waals surface area contributed by atoms with Crippen molar-refractivity contribution in [3.8, 4) is 0 Å². The number of carboxylic acid groups (broad SMARTS) is 1. The fraction of sp³-hybridized carbons (Fsp3) is 0.200. The lowest BCUT2D eigenvalue weighted by atomic mass is 10.4. The largest absolute Gasteiger partial charge is 0.476 e. The molecule has 1 rings (SSSR count). The molecule has 0 aliphatic rings. The second-order valence-corrected chi connectivity index (χ2v) is 2.60. The molecule has 10 heavy (non-hydrogen) atoms. The van der Waals surface area contributed by atoms with Crippen LogP contribution in [0, 0.1) is 6.92 Å². The third-order valence-corrected chi connectivity index (χ3v) is 2.06. The average Bonchev–Trinajstić information content (AvgIpc) is 2.14. The highest BCUT2D eigenvalue weighted by molar-refractivity contribution is 9.10. The maximum Gasteiger partial charge on any atom is 0.355 e. The number of H-pyrrole nitrogens is 1. The topological polar surface area (TPSA) is 66.0 Å². The number of aryl methyl sites for hydroxylation is 1. The number of nitrogens with zero attached hydrogens (tertiary/aromatic N) is 1. The van der Waals surface area contributed by atoms with Crippen molar-refractivity contribution in [3.05, 3.63) is 15.9 Å². The number of hydrogen-bond acceptors (Lipinski definition) is 2. The lowest BCUT2D eigenvalue weighted by Crippen LogP contribution is -1.96. The Morgan fingerprint density at radius 1 is 1.80 bits per heavy atom. The molecule has 2 N–H and O–H groups in total. The van der Waals surface area contributed by atoms with Crippen molar-refractivity contribution in [1.29, 1.82) is 0 Å². The van der Waals surface area contributed by atoms with Crippen molar-refractivity contribution in [2.45, 2.75) is 6.92 Å². The first-order chi connectivity index (χ1) is 4.63. The summed E-state index contributed by atoms with van der Waals surface area (Å²) >= 11 is 3.08. The van der Waals surface area contributed by atoms with Gasteiger partial charge in [0.15, 0.2) is 5.69 Å². The minimum Gasteiger partial charge on any atom is -0.476 e. The number of aromatic nitrogens is 2. The highest BCUT2D eigenvalue weighted by Crippen LogP contribution is 2.17. The van der Waals surface area contributed by atoms with Gasteiger partial charge in [0.05, 0.1) is 10.2 Å². The van der Waals surface area contributed by atoms with Crippen LogP contribution in [0.4, 0.5) is 0 Å². The molecular formula is C5H5BrN2O2. The first-order valence-corrected chi connectivity index (χ1v) is 3.36. The second-order valence-electron chi connectivity index (χ2n) is 1.80. The SMILES string of the molecule is Cc1n[nH]c(C(=O)O)c1Br. The normalized spacial score (nSPS) is 9.80. The quantitative estimate of drug-likeness (QED) is 0.723. The number of rotatable bonds is 1. The van der Waals surface area contributed by atoms with Crippen molar-refractivity contribution in [2.24, 2.45) is 0 Å². The zero-order chi connectivity index (χ0) is 7.72. The van der Waals surface area contributed by atoms with Gasteiger partial charge in [0.1, 0.15) is 0 Å². The molecule has 0 aliphatic carbocycles. The van der Waals surface area contributed by atoms with E-state index >= 15 is 0 Å². The van der Waals surface area contributed by atoms with Crippen LogP contribution in [0.1, 0.15) is 16.2 Å². The van der Waals surface area contributed by atoms with Crippen LogP contribution in [0.5, 0.6) is 0 Å². The number of halogens is 1. The Hall–Kier alpha value is -0.840. The van der Waals surface area contributed by atoms with Gasteiger partial charge in [-0.25, -0.2) is 4.79 Å². The summed E-state index contributed by atoms with van der Waals surface area (Å²) < 4.78 is 0.514. The molecule has 4 nitrogen and oxygen atoms in total. The van der Waals surface area contributed by atoms with E-state index in [0.29, 0.717) is 10.2 Å². The van der Waals surface area contributed by atoms with Gasteiger partial charge in [-0.2, -0.15) is 5.10 Å². The van der Waals surface area contributed by atoms with E-state index in [-0.39, 0.29) is 5.69 Å². The molecule has 0 saturated heterocycles. The van der Waals surface area contributed by atoms with Gasteiger partial charge in [-0.3, -0.25) is 5.10 Å². The molecule has 1 aromatic heterocycles. The van der Waals surface area contributed by atoms with E-state index in [4.69, 9.17) is 5.11 Å². The minimum atomic E-state index is -1.01. The number of carbonyl (C=O) groups is 1. The molecule has 5 heteroatoms. The lowest BCUT2D eigenvalue weighted by molar-refractivity contribution is 0.0689. The smallest absolute Gasteiger partial charge is 0.355 e. The Morgan fingerprint density at radius 3 is 2.60 bits per heavy atom. The van der Waals surface area contributed by atoms with Crippen LogP contribution in [-0.4, -0.2) is 21.3 Å². The van der Waals surface area contributed by atoms with Crippen molar-refractivity contribution in [1.82, 2.24) is 10.2 Å². The van der Waals surface area contributed by atoms with E-state index in [1.165, 1.54) is 0 Å². The van der Waals surface area contributed by atoms with E-state index in [0.717, 1.165) is 0 Å². The van der Waals surface area contributed by atoms with Crippen LogP contribution in [0.3, 0.4) is 0 Å². The second kappa shape index (κ2) is 2.42. The van der Waals surface area contributed by atoms with Gasteiger partial charge in [0, 0.05) is 0 Å². The first kappa shape index (κ1) is 7.27. The maximum absolute atomic E-state index is 10.3. The highest BCUT2D eigenvalue weighted by atomic mass is 79.9. The van der Waals surface area contributed by atoms with Gasteiger partial charge >= 0.3 is 5.97 Å². The van der Waals surface area contributed by atoms with Gasteiger partial charge in [0.2, 0.25) is 0 Å². The lowest BCUT2D eigenvalue weighted by Gasteiger charge is -1.86. The summed E-state index contributed by atoms with van der Waals surface area (Å²) in [6, 6.07) is 0. The third-order valence-electron chi connectivity index (χ3n) is 1.09. The van der Waals surface area contributed by atoms with Crippen molar-refractivity contribution in [3.63, 3.8) is 0 Å². The minimum absolute atomic E-state index is 0.0949. The molecule has 0 unspecified atom stereocenters. The van der Waals surface area contributed by atoms with E-state index in [1.807, 2.05) is 0 Å². The van der Waals surface area contributed by atoms with Crippen LogP contribution in [0.25, 0.3) is 0 Å². The molecule has 0 bridgehead atoms. The summed E-state index contributed by atoms with van der Waals surface area (Å²) in [6.07, 6.45) is 0. The number of nitrogens with one attached hydrogen (secondary N) is 1.